The third kappa shape index (κ3) is 11.7. The highest BCUT2D eigenvalue weighted by Gasteiger charge is 2.20. The molecule has 0 fully saturated rings. The normalized spacial score (nSPS) is 12.3. The summed E-state index contributed by atoms with van der Waals surface area (Å²) in [5, 5.41) is 3.24. The molecule has 0 heterocycles. The zero-order valence-electron chi connectivity index (χ0n) is 17.4. The molecule has 0 unspecified atom stereocenters. The maximum Gasteiger partial charge on any atom is 0.193 e. The number of ether oxygens (including phenoxy) is 1. The highest BCUT2D eigenvalue weighted by atomic mass is 127. The van der Waals surface area contributed by atoms with E-state index < -0.39 is 9.84 Å². The minimum atomic E-state index is -2.98. The lowest BCUT2D eigenvalue weighted by Crippen LogP contribution is -2.41. The first-order valence-electron chi connectivity index (χ1n) is 9.08. The Morgan fingerprint density at radius 3 is 2.43 bits per heavy atom. The Labute approximate surface area is 185 Å². The van der Waals surface area contributed by atoms with Gasteiger partial charge in [-0.05, 0) is 43.0 Å². The summed E-state index contributed by atoms with van der Waals surface area (Å²) < 4.78 is 41.3. The van der Waals surface area contributed by atoms with Crippen molar-refractivity contribution in [3.8, 4) is 5.75 Å². The van der Waals surface area contributed by atoms with Crippen molar-refractivity contribution in [2.45, 2.75) is 27.2 Å². The fourth-order valence-corrected chi connectivity index (χ4v) is 3.16. The number of benzene rings is 1. The molecule has 0 aliphatic heterocycles. The van der Waals surface area contributed by atoms with Gasteiger partial charge in [0.25, 0.3) is 0 Å². The molecule has 1 rings (SSSR count). The largest absolute Gasteiger partial charge is 0.492 e. The van der Waals surface area contributed by atoms with E-state index in [1.54, 1.807) is 12.1 Å². The van der Waals surface area contributed by atoms with E-state index in [1.165, 1.54) is 18.4 Å². The molecule has 162 valence electrons. The molecule has 0 aliphatic carbocycles. The van der Waals surface area contributed by atoms with Crippen LogP contribution in [-0.4, -0.2) is 64.6 Å². The van der Waals surface area contributed by atoms with Crippen molar-refractivity contribution in [2.24, 2.45) is 10.4 Å². The second-order valence-corrected chi connectivity index (χ2v) is 9.70. The first-order chi connectivity index (χ1) is 12.5. The van der Waals surface area contributed by atoms with E-state index in [4.69, 9.17) is 4.74 Å². The summed E-state index contributed by atoms with van der Waals surface area (Å²) in [7, 11) is -1.06. The smallest absolute Gasteiger partial charge is 0.193 e. The number of hydrogen-bond acceptors (Lipinski definition) is 4. The highest BCUT2D eigenvalue weighted by Crippen LogP contribution is 2.21. The molecule has 9 heteroatoms. The van der Waals surface area contributed by atoms with E-state index >= 15 is 0 Å². The molecule has 1 N–H and O–H groups in total. The second kappa shape index (κ2) is 12.5. The number of halogens is 2. The number of nitrogens with zero attached hydrogens (tertiary/aromatic N) is 2. The molecule has 0 aromatic heterocycles. The molecule has 0 spiro atoms. The van der Waals surface area contributed by atoms with Crippen LogP contribution in [0, 0.1) is 11.2 Å². The standard InChI is InChI=1S/C19H32FN3O3S.HI/c1-6-21-18(22-15-19(2,3)11-14-27(5,24)25)23(4)12-13-26-17-9-7-16(20)8-10-17;/h7-10H,6,11-15H2,1-5H3,(H,21,22);1H. The maximum absolute atomic E-state index is 12.9. The molecule has 0 radical (unpaired) electrons. The number of aliphatic imine (C=N–C) groups is 1. The van der Waals surface area contributed by atoms with Gasteiger partial charge in [-0.25, -0.2) is 12.8 Å². The molecule has 1 aromatic carbocycles. The number of sulfone groups is 1. The van der Waals surface area contributed by atoms with Crippen molar-refractivity contribution in [3.63, 3.8) is 0 Å². The minimum Gasteiger partial charge on any atom is -0.492 e. The van der Waals surface area contributed by atoms with Gasteiger partial charge in [0.05, 0.1) is 12.3 Å². The lowest BCUT2D eigenvalue weighted by molar-refractivity contribution is 0.280. The predicted molar refractivity (Wildman–Crippen MR) is 124 cm³/mol. The minimum absolute atomic E-state index is 0. The summed E-state index contributed by atoms with van der Waals surface area (Å²) in [6.07, 6.45) is 1.82. The van der Waals surface area contributed by atoms with Gasteiger partial charge in [-0.2, -0.15) is 0 Å². The SMILES string of the molecule is CCNC(=NCC(C)(C)CCS(C)(=O)=O)N(C)CCOc1ccc(F)cc1.I. The number of nitrogens with one attached hydrogen (secondary N) is 1. The zero-order valence-corrected chi connectivity index (χ0v) is 20.5. The number of rotatable bonds is 10. The van der Waals surface area contributed by atoms with Crippen molar-refractivity contribution in [2.75, 3.05) is 45.3 Å². The van der Waals surface area contributed by atoms with Crippen LogP contribution < -0.4 is 10.1 Å². The van der Waals surface area contributed by atoms with E-state index in [9.17, 15) is 12.8 Å². The van der Waals surface area contributed by atoms with E-state index in [2.05, 4.69) is 10.3 Å². The maximum atomic E-state index is 12.9. The topological polar surface area (TPSA) is 71.0 Å². The Kier molecular flexibility index (Phi) is 12.0. The van der Waals surface area contributed by atoms with E-state index in [-0.39, 0.29) is 41.0 Å². The van der Waals surface area contributed by atoms with Gasteiger partial charge < -0.3 is 15.0 Å². The Hall–Kier alpha value is -1.10. The van der Waals surface area contributed by atoms with Crippen LogP contribution >= 0.6 is 24.0 Å². The molecule has 0 saturated carbocycles. The van der Waals surface area contributed by atoms with Crippen LogP contribution in [0.15, 0.2) is 29.3 Å². The third-order valence-electron chi connectivity index (χ3n) is 4.01. The highest BCUT2D eigenvalue weighted by molar-refractivity contribution is 14.0. The van der Waals surface area contributed by atoms with Gasteiger partial charge in [0.1, 0.15) is 28.0 Å². The summed E-state index contributed by atoms with van der Waals surface area (Å²) in [5.41, 5.74) is -0.213. The quantitative estimate of drug-likeness (QED) is 0.287. The Bertz CT molecular complexity index is 710. The van der Waals surface area contributed by atoms with Crippen LogP contribution in [0.3, 0.4) is 0 Å². The molecular weight excluding hydrogens is 496 g/mol. The fraction of sp³-hybridized carbons (Fsp3) is 0.632. The van der Waals surface area contributed by atoms with Crippen LogP contribution in [0.1, 0.15) is 27.2 Å². The fourth-order valence-electron chi connectivity index (χ4n) is 2.24. The molecule has 0 amide bonds. The van der Waals surface area contributed by atoms with Crippen molar-refractivity contribution >= 4 is 39.8 Å². The molecule has 0 atom stereocenters. The van der Waals surface area contributed by atoms with Crippen molar-refractivity contribution in [1.82, 2.24) is 10.2 Å². The van der Waals surface area contributed by atoms with E-state index in [0.29, 0.717) is 31.9 Å². The van der Waals surface area contributed by atoms with Gasteiger partial charge in [-0.3, -0.25) is 4.99 Å². The Balaban J connectivity index is 0.00000729. The molecule has 28 heavy (non-hydrogen) atoms. The van der Waals surface area contributed by atoms with Gasteiger partial charge in [0, 0.05) is 26.4 Å². The van der Waals surface area contributed by atoms with Crippen molar-refractivity contribution in [3.05, 3.63) is 30.1 Å². The number of likely N-dealkylation sites (N-methyl/N-ethyl adjacent to an activating group) is 1. The molecular formula is C19H33FIN3O3S. The van der Waals surface area contributed by atoms with Crippen LogP contribution in [0.2, 0.25) is 0 Å². The predicted octanol–water partition coefficient (Wildman–Crippen LogP) is 3.18. The zero-order chi connectivity index (χ0) is 20.5. The summed E-state index contributed by atoms with van der Waals surface area (Å²) in [6, 6.07) is 5.92. The third-order valence-corrected chi connectivity index (χ3v) is 4.96. The number of guanidine groups is 1. The van der Waals surface area contributed by atoms with Crippen LogP contribution in [0.5, 0.6) is 5.75 Å². The Morgan fingerprint density at radius 2 is 1.89 bits per heavy atom. The summed E-state index contributed by atoms with van der Waals surface area (Å²) in [4.78, 5) is 6.61. The molecule has 0 bridgehead atoms. The van der Waals surface area contributed by atoms with Crippen molar-refractivity contribution < 1.29 is 17.5 Å². The van der Waals surface area contributed by atoms with Gasteiger partial charge in [0.15, 0.2) is 5.96 Å². The lowest BCUT2D eigenvalue weighted by Gasteiger charge is -2.26. The van der Waals surface area contributed by atoms with Gasteiger partial charge in [0.2, 0.25) is 0 Å². The molecule has 0 aliphatic rings. The number of hydrogen-bond donors (Lipinski definition) is 1. The first-order valence-corrected chi connectivity index (χ1v) is 11.1. The molecule has 0 saturated heterocycles. The van der Waals surface area contributed by atoms with Crippen LogP contribution in [-0.2, 0) is 9.84 Å². The van der Waals surface area contributed by atoms with Crippen LogP contribution in [0.4, 0.5) is 4.39 Å². The van der Waals surface area contributed by atoms with E-state index in [1.807, 2.05) is 32.7 Å². The van der Waals surface area contributed by atoms with Crippen molar-refractivity contribution in [1.29, 1.82) is 0 Å². The van der Waals surface area contributed by atoms with E-state index in [0.717, 1.165) is 12.5 Å². The average Bonchev–Trinajstić information content (AvgIpc) is 2.58. The summed E-state index contributed by atoms with van der Waals surface area (Å²) in [6.45, 7) is 8.32. The van der Waals surface area contributed by atoms with Gasteiger partial charge in [-0.1, -0.05) is 13.8 Å². The van der Waals surface area contributed by atoms with Gasteiger partial charge >= 0.3 is 0 Å². The summed E-state index contributed by atoms with van der Waals surface area (Å²) >= 11 is 0. The average molecular weight is 529 g/mol. The van der Waals surface area contributed by atoms with Gasteiger partial charge in [-0.15, -0.1) is 24.0 Å². The monoisotopic (exact) mass is 529 g/mol. The second-order valence-electron chi connectivity index (χ2n) is 7.44. The van der Waals surface area contributed by atoms with Crippen LogP contribution in [0.25, 0.3) is 0 Å². The molecule has 6 nitrogen and oxygen atoms in total. The first kappa shape index (κ1) is 26.9. The Morgan fingerprint density at radius 1 is 1.29 bits per heavy atom. The lowest BCUT2D eigenvalue weighted by atomic mass is 9.90. The summed E-state index contributed by atoms with van der Waals surface area (Å²) in [5.74, 6) is 1.23. The molecule has 1 aromatic rings.